The zero-order valence-corrected chi connectivity index (χ0v) is 18.6. The Kier molecular flexibility index (Phi) is 5.69. The van der Waals surface area contributed by atoms with Crippen molar-refractivity contribution in [1.82, 2.24) is 0 Å². The summed E-state index contributed by atoms with van der Waals surface area (Å²) in [5.74, 6) is -2.52. The number of hydrogen-bond acceptors (Lipinski definition) is 3. The number of Topliss-reactive ketones (excluding diaryl/α,β-unsaturated/α-hetero) is 1. The minimum Gasteiger partial charge on any atom is -0.507 e. The van der Waals surface area contributed by atoms with Crippen LogP contribution in [0.3, 0.4) is 0 Å². The molecule has 3 aromatic carbocycles. The molecule has 0 bridgehead atoms. The number of aliphatic hydroxyl groups is 1. The van der Waals surface area contributed by atoms with Crippen molar-refractivity contribution in [2.24, 2.45) is 0 Å². The van der Waals surface area contributed by atoms with Gasteiger partial charge in [0.25, 0.3) is 11.7 Å². The molecule has 31 heavy (non-hydrogen) atoms. The molecule has 1 heterocycles. The summed E-state index contributed by atoms with van der Waals surface area (Å²) in [5, 5.41) is 11.5. The minimum absolute atomic E-state index is 0.116. The van der Waals surface area contributed by atoms with Crippen LogP contribution in [0.1, 0.15) is 22.7 Å². The normalized spacial score (nSPS) is 17.9. The molecule has 1 fully saturated rings. The summed E-state index contributed by atoms with van der Waals surface area (Å²) in [4.78, 5) is 27.4. The number of anilines is 1. The minimum atomic E-state index is -0.999. The Labute approximate surface area is 191 Å². The van der Waals surface area contributed by atoms with Crippen LogP contribution >= 0.6 is 27.5 Å². The van der Waals surface area contributed by atoms with Gasteiger partial charge in [0.2, 0.25) is 0 Å². The highest BCUT2D eigenvalue weighted by atomic mass is 79.9. The average Bonchev–Trinajstić information content (AvgIpc) is 3.01. The van der Waals surface area contributed by atoms with E-state index in [1.54, 1.807) is 48.5 Å². The number of nitrogens with zero attached hydrogens (tertiary/aromatic N) is 1. The quantitative estimate of drug-likeness (QED) is 0.266. The van der Waals surface area contributed by atoms with E-state index in [2.05, 4.69) is 15.9 Å². The molecule has 0 spiro atoms. The molecule has 0 unspecified atom stereocenters. The number of halogens is 3. The van der Waals surface area contributed by atoms with Crippen LogP contribution in [0.2, 0.25) is 5.02 Å². The highest BCUT2D eigenvalue weighted by molar-refractivity contribution is 9.10. The van der Waals surface area contributed by atoms with Crippen molar-refractivity contribution >= 4 is 50.7 Å². The second-order valence-corrected chi connectivity index (χ2v) is 8.46. The lowest BCUT2D eigenvalue weighted by Crippen LogP contribution is -2.29. The van der Waals surface area contributed by atoms with Crippen LogP contribution in [0.25, 0.3) is 5.76 Å². The van der Waals surface area contributed by atoms with Gasteiger partial charge in [0, 0.05) is 20.7 Å². The van der Waals surface area contributed by atoms with E-state index in [9.17, 15) is 19.1 Å². The summed E-state index contributed by atoms with van der Waals surface area (Å²) in [6.45, 7) is 1.90. The maximum atomic E-state index is 14.1. The third kappa shape index (κ3) is 3.89. The fourth-order valence-corrected chi connectivity index (χ4v) is 4.08. The van der Waals surface area contributed by atoms with Crippen LogP contribution < -0.4 is 4.90 Å². The van der Waals surface area contributed by atoms with Gasteiger partial charge >= 0.3 is 0 Å². The number of aliphatic hydroxyl groups excluding tert-OH is 1. The van der Waals surface area contributed by atoms with Gasteiger partial charge < -0.3 is 5.11 Å². The topological polar surface area (TPSA) is 57.6 Å². The van der Waals surface area contributed by atoms with E-state index in [0.717, 1.165) is 10.0 Å². The predicted molar refractivity (Wildman–Crippen MR) is 122 cm³/mol. The van der Waals surface area contributed by atoms with Crippen molar-refractivity contribution in [3.05, 3.63) is 104 Å². The SMILES string of the molecule is Cc1ccc(N2C(=O)C(=O)C(=C(O)c3ccc(Cl)cc3)[C@@H]2c2cccc(F)c2)cc1Br. The first-order valence-corrected chi connectivity index (χ1v) is 10.5. The second-order valence-electron chi connectivity index (χ2n) is 7.16. The van der Waals surface area contributed by atoms with Gasteiger partial charge in [-0.05, 0) is 66.6 Å². The van der Waals surface area contributed by atoms with Crippen LogP contribution in [-0.2, 0) is 9.59 Å². The maximum Gasteiger partial charge on any atom is 0.300 e. The van der Waals surface area contributed by atoms with E-state index >= 15 is 0 Å². The number of rotatable bonds is 3. The fourth-order valence-electron chi connectivity index (χ4n) is 3.59. The predicted octanol–water partition coefficient (Wildman–Crippen LogP) is 6.18. The molecule has 1 aliphatic rings. The summed E-state index contributed by atoms with van der Waals surface area (Å²) < 4.78 is 14.8. The van der Waals surface area contributed by atoms with Crippen LogP contribution in [0.5, 0.6) is 0 Å². The lowest BCUT2D eigenvalue weighted by Gasteiger charge is -2.26. The van der Waals surface area contributed by atoms with Gasteiger partial charge in [-0.2, -0.15) is 0 Å². The van der Waals surface area contributed by atoms with E-state index in [0.29, 0.717) is 21.8 Å². The molecule has 1 N–H and O–H groups in total. The molecule has 1 saturated heterocycles. The van der Waals surface area contributed by atoms with E-state index in [-0.39, 0.29) is 11.3 Å². The summed E-state index contributed by atoms with van der Waals surface area (Å²) >= 11 is 9.37. The van der Waals surface area contributed by atoms with Gasteiger partial charge in [-0.1, -0.05) is 45.7 Å². The van der Waals surface area contributed by atoms with E-state index in [1.165, 1.54) is 23.1 Å². The van der Waals surface area contributed by atoms with E-state index < -0.39 is 23.5 Å². The second kappa shape index (κ2) is 8.29. The molecule has 0 saturated carbocycles. The Morgan fingerprint density at radius 1 is 1.06 bits per heavy atom. The number of amides is 1. The number of carbonyl (C=O) groups excluding carboxylic acids is 2. The first-order valence-electron chi connectivity index (χ1n) is 9.36. The molecule has 1 amide bonds. The molecule has 1 atom stereocenters. The monoisotopic (exact) mass is 499 g/mol. The van der Waals surface area contributed by atoms with Gasteiger partial charge in [-0.25, -0.2) is 4.39 Å². The lowest BCUT2D eigenvalue weighted by molar-refractivity contribution is -0.132. The number of carbonyl (C=O) groups is 2. The van der Waals surface area contributed by atoms with Crippen LogP contribution in [0, 0.1) is 12.7 Å². The van der Waals surface area contributed by atoms with Crippen LogP contribution in [0.15, 0.2) is 76.8 Å². The van der Waals surface area contributed by atoms with Crippen molar-refractivity contribution in [2.45, 2.75) is 13.0 Å². The number of aryl methyl sites for hydroxylation is 1. The van der Waals surface area contributed by atoms with E-state index in [4.69, 9.17) is 11.6 Å². The largest absolute Gasteiger partial charge is 0.507 e. The molecule has 4 rings (SSSR count). The lowest BCUT2D eigenvalue weighted by atomic mass is 9.95. The molecular weight excluding hydrogens is 485 g/mol. The van der Waals surface area contributed by atoms with Crippen molar-refractivity contribution < 1.29 is 19.1 Å². The van der Waals surface area contributed by atoms with Gasteiger partial charge in [0.15, 0.2) is 0 Å². The maximum absolute atomic E-state index is 14.1. The molecule has 0 aromatic heterocycles. The van der Waals surface area contributed by atoms with Gasteiger partial charge in [-0.15, -0.1) is 0 Å². The third-order valence-electron chi connectivity index (χ3n) is 5.16. The Morgan fingerprint density at radius 3 is 2.42 bits per heavy atom. The van der Waals surface area contributed by atoms with Gasteiger partial charge in [0.05, 0.1) is 11.6 Å². The van der Waals surface area contributed by atoms with Crippen LogP contribution in [-0.4, -0.2) is 16.8 Å². The molecule has 7 heteroatoms. The highest BCUT2D eigenvalue weighted by Gasteiger charge is 2.47. The standard InChI is InChI=1S/C24H16BrClFNO3/c1-13-5-10-18(12-19(13)25)28-21(15-3-2-4-17(27)11-15)20(23(30)24(28)31)22(29)14-6-8-16(26)9-7-14/h2-12,21,29H,1H3/t21-/m0/s1. The molecule has 1 aliphatic heterocycles. The Bertz CT molecular complexity index is 1240. The Hall–Kier alpha value is -2.96. The first-order chi connectivity index (χ1) is 14.8. The summed E-state index contributed by atoms with van der Waals surface area (Å²) in [6.07, 6.45) is 0. The van der Waals surface area contributed by atoms with E-state index in [1.807, 2.05) is 6.92 Å². The number of ketones is 1. The van der Waals surface area contributed by atoms with Crippen molar-refractivity contribution in [3.8, 4) is 0 Å². The fraction of sp³-hybridized carbons (Fsp3) is 0.0833. The average molecular weight is 501 g/mol. The Morgan fingerprint density at radius 2 is 1.77 bits per heavy atom. The molecule has 3 aromatic rings. The van der Waals surface area contributed by atoms with Gasteiger partial charge in [-0.3, -0.25) is 14.5 Å². The molecule has 0 radical (unpaired) electrons. The Balaban J connectivity index is 1.96. The highest BCUT2D eigenvalue weighted by Crippen LogP contribution is 2.43. The summed E-state index contributed by atoms with van der Waals surface area (Å²) in [5.41, 5.74) is 1.97. The molecular formula is C24H16BrClFNO3. The van der Waals surface area contributed by atoms with Crippen molar-refractivity contribution in [2.75, 3.05) is 4.90 Å². The number of hydrogen-bond donors (Lipinski definition) is 1. The summed E-state index contributed by atoms with van der Waals surface area (Å²) in [7, 11) is 0. The molecule has 156 valence electrons. The van der Waals surface area contributed by atoms with Crippen molar-refractivity contribution in [1.29, 1.82) is 0 Å². The summed E-state index contributed by atoms with van der Waals surface area (Å²) in [6, 6.07) is 16.1. The van der Waals surface area contributed by atoms with Crippen molar-refractivity contribution in [3.63, 3.8) is 0 Å². The molecule has 0 aliphatic carbocycles. The van der Waals surface area contributed by atoms with Crippen LogP contribution in [0.4, 0.5) is 10.1 Å². The van der Waals surface area contributed by atoms with Gasteiger partial charge in [0.1, 0.15) is 11.6 Å². The molecule has 4 nitrogen and oxygen atoms in total. The zero-order valence-electron chi connectivity index (χ0n) is 16.3. The number of benzene rings is 3. The first kappa shape index (κ1) is 21.3. The smallest absolute Gasteiger partial charge is 0.300 e. The third-order valence-corrected chi connectivity index (χ3v) is 6.27. The zero-order chi connectivity index (χ0) is 22.3.